The number of carbonyl (C=O) groups is 3. The number of para-hydroxylation sites is 1. The molecule has 0 radical (unpaired) electrons. The minimum Gasteiger partial charge on any atom is -0.456 e. The van der Waals surface area contributed by atoms with Gasteiger partial charge in [0.25, 0.3) is 0 Å². The van der Waals surface area contributed by atoms with E-state index < -0.39 is 11.7 Å². The molecule has 1 fully saturated rings. The first kappa shape index (κ1) is 35.5. The maximum atomic E-state index is 12.7. The minimum atomic E-state index is -0.531. The molecule has 2 N–H and O–H groups in total. The predicted octanol–water partition coefficient (Wildman–Crippen LogP) is 7.45. The summed E-state index contributed by atoms with van der Waals surface area (Å²) in [6, 6.07) is 25.0. The zero-order valence-corrected chi connectivity index (χ0v) is 28.3. The van der Waals surface area contributed by atoms with E-state index >= 15 is 0 Å². The Hall–Kier alpha value is -4.37. The summed E-state index contributed by atoms with van der Waals surface area (Å²) in [4.78, 5) is 41.9. The van der Waals surface area contributed by atoms with Gasteiger partial charge in [-0.15, -0.1) is 0 Å². The van der Waals surface area contributed by atoms with E-state index in [4.69, 9.17) is 9.47 Å². The molecule has 0 unspecified atom stereocenters. The molecule has 0 spiro atoms. The topological polar surface area (TPSA) is 100 Å². The second kappa shape index (κ2) is 17.5. The lowest BCUT2D eigenvalue weighted by atomic mass is 10.0. The summed E-state index contributed by atoms with van der Waals surface area (Å²) in [6.07, 6.45) is 4.22. The fraction of sp³-hybridized carbons (Fsp3) is 0.447. The monoisotopic (exact) mass is 642 g/mol. The largest absolute Gasteiger partial charge is 0.456 e. The third-order valence-corrected chi connectivity index (χ3v) is 8.13. The van der Waals surface area contributed by atoms with Crippen molar-refractivity contribution in [1.29, 1.82) is 0 Å². The van der Waals surface area contributed by atoms with Crippen molar-refractivity contribution in [3.8, 4) is 11.1 Å². The van der Waals surface area contributed by atoms with Gasteiger partial charge >= 0.3 is 12.1 Å². The van der Waals surface area contributed by atoms with Crippen molar-refractivity contribution in [3.05, 3.63) is 84.4 Å². The van der Waals surface area contributed by atoms with Crippen LogP contribution in [0.3, 0.4) is 0 Å². The summed E-state index contributed by atoms with van der Waals surface area (Å²) >= 11 is 0. The Bertz CT molecular complexity index is 1450. The van der Waals surface area contributed by atoms with Crippen molar-refractivity contribution in [1.82, 2.24) is 9.80 Å². The zero-order chi connectivity index (χ0) is 33.6. The molecule has 1 aliphatic rings. The van der Waals surface area contributed by atoms with Gasteiger partial charge in [0.2, 0.25) is 5.91 Å². The maximum absolute atomic E-state index is 12.7. The van der Waals surface area contributed by atoms with Crippen LogP contribution in [-0.2, 0) is 14.3 Å². The Balaban J connectivity index is 1.06. The van der Waals surface area contributed by atoms with E-state index in [1.54, 1.807) is 6.07 Å². The Morgan fingerprint density at radius 3 is 2.36 bits per heavy atom. The molecule has 1 heterocycles. The van der Waals surface area contributed by atoms with E-state index in [0.29, 0.717) is 18.5 Å². The highest BCUT2D eigenvalue weighted by molar-refractivity contribution is 5.92. The molecule has 252 valence electrons. The average molecular weight is 643 g/mol. The standard InChI is InChI=1S/C38H50N4O5/c1-38(2,3)47-36(44)30-16-13-17-31(28-30)39-23-12-6-9-20-35(43)41(4)26-27-42-24-21-32(22-25-42)46-37(45)40-34-19-11-10-18-33(34)29-14-7-5-8-15-29/h5,7-8,10-11,13-19,28,32,39H,6,9,12,20-27H2,1-4H3,(H,40,45). The van der Waals surface area contributed by atoms with E-state index in [-0.39, 0.29) is 18.0 Å². The van der Waals surface area contributed by atoms with Crippen LogP contribution in [0, 0.1) is 0 Å². The normalized spacial score (nSPS) is 13.9. The van der Waals surface area contributed by atoms with Crippen molar-refractivity contribution in [3.63, 3.8) is 0 Å². The van der Waals surface area contributed by atoms with Crippen molar-refractivity contribution < 1.29 is 23.9 Å². The van der Waals surface area contributed by atoms with E-state index in [2.05, 4.69) is 15.5 Å². The molecule has 1 aliphatic heterocycles. The summed E-state index contributed by atoms with van der Waals surface area (Å²) in [6.45, 7) is 9.47. The van der Waals surface area contributed by atoms with E-state index in [1.165, 1.54) is 0 Å². The highest BCUT2D eigenvalue weighted by Gasteiger charge is 2.23. The lowest BCUT2D eigenvalue weighted by Gasteiger charge is -2.32. The molecule has 0 aromatic heterocycles. The molecular formula is C38H50N4O5. The number of unbranched alkanes of at least 4 members (excludes halogenated alkanes) is 2. The summed E-state index contributed by atoms with van der Waals surface area (Å²) in [5.41, 5.74) is 3.60. The predicted molar refractivity (Wildman–Crippen MR) is 188 cm³/mol. The number of carbonyl (C=O) groups excluding carboxylic acids is 3. The molecule has 0 bridgehead atoms. The molecule has 2 amide bonds. The summed E-state index contributed by atoms with van der Waals surface area (Å²) in [5.74, 6) is -0.169. The van der Waals surface area contributed by atoms with Crippen LogP contribution in [0.5, 0.6) is 0 Å². The molecule has 9 nitrogen and oxygen atoms in total. The number of amides is 2. The van der Waals surface area contributed by atoms with Crippen LogP contribution in [0.15, 0.2) is 78.9 Å². The number of piperidine rings is 1. The molecule has 1 saturated heterocycles. The fourth-order valence-corrected chi connectivity index (χ4v) is 5.51. The third kappa shape index (κ3) is 12.1. The summed E-state index contributed by atoms with van der Waals surface area (Å²) < 4.78 is 11.2. The number of esters is 1. The van der Waals surface area contributed by atoms with Crippen LogP contribution < -0.4 is 10.6 Å². The van der Waals surface area contributed by atoms with Crippen LogP contribution in [0.25, 0.3) is 11.1 Å². The first-order valence-electron chi connectivity index (χ1n) is 16.7. The molecule has 9 heteroatoms. The van der Waals surface area contributed by atoms with Crippen LogP contribution in [0.4, 0.5) is 16.2 Å². The molecule has 3 aromatic rings. The van der Waals surface area contributed by atoms with Crippen molar-refractivity contribution >= 4 is 29.3 Å². The number of likely N-dealkylation sites (tertiary alicyclic amines) is 1. The molecule has 47 heavy (non-hydrogen) atoms. The second-order valence-electron chi connectivity index (χ2n) is 13.1. The first-order chi connectivity index (χ1) is 22.6. The maximum Gasteiger partial charge on any atom is 0.411 e. The van der Waals surface area contributed by atoms with Gasteiger partial charge in [-0.3, -0.25) is 10.1 Å². The van der Waals surface area contributed by atoms with Crippen molar-refractivity contribution in [2.45, 2.75) is 71.0 Å². The quantitative estimate of drug-likeness (QED) is 0.139. The summed E-state index contributed by atoms with van der Waals surface area (Å²) in [7, 11) is 1.87. The lowest BCUT2D eigenvalue weighted by Crippen LogP contribution is -2.42. The van der Waals surface area contributed by atoms with Crippen LogP contribution in [0.2, 0.25) is 0 Å². The minimum absolute atomic E-state index is 0.127. The number of nitrogens with one attached hydrogen (secondary N) is 2. The van der Waals surface area contributed by atoms with E-state index in [0.717, 1.165) is 80.8 Å². The van der Waals surface area contributed by atoms with Crippen LogP contribution in [0.1, 0.15) is 69.7 Å². The molecular weight excluding hydrogens is 592 g/mol. The highest BCUT2D eigenvalue weighted by atomic mass is 16.6. The highest BCUT2D eigenvalue weighted by Crippen LogP contribution is 2.28. The van der Waals surface area contributed by atoms with Gasteiger partial charge in [0, 0.05) is 57.4 Å². The van der Waals surface area contributed by atoms with Gasteiger partial charge in [-0.05, 0) is 76.3 Å². The Morgan fingerprint density at radius 2 is 1.62 bits per heavy atom. The number of benzene rings is 3. The van der Waals surface area contributed by atoms with Crippen LogP contribution >= 0.6 is 0 Å². The first-order valence-corrected chi connectivity index (χ1v) is 16.7. The summed E-state index contributed by atoms with van der Waals surface area (Å²) in [5, 5.41) is 6.29. The lowest BCUT2D eigenvalue weighted by molar-refractivity contribution is -0.130. The Kier molecular flexibility index (Phi) is 13.2. The molecule has 0 aliphatic carbocycles. The van der Waals surface area contributed by atoms with Gasteiger partial charge in [-0.1, -0.05) is 61.0 Å². The second-order valence-corrected chi connectivity index (χ2v) is 13.1. The number of ether oxygens (including phenoxy) is 2. The van der Waals surface area contributed by atoms with Crippen LogP contribution in [-0.4, -0.2) is 79.2 Å². The number of likely N-dealkylation sites (N-methyl/N-ethyl adjacent to an activating group) is 1. The van der Waals surface area contributed by atoms with Gasteiger partial charge in [-0.25, -0.2) is 9.59 Å². The zero-order valence-electron chi connectivity index (χ0n) is 28.3. The molecule has 4 rings (SSSR count). The number of nitrogens with zero attached hydrogens (tertiary/aromatic N) is 2. The number of rotatable bonds is 14. The van der Waals surface area contributed by atoms with Gasteiger partial charge in [0.15, 0.2) is 0 Å². The van der Waals surface area contributed by atoms with Gasteiger partial charge in [-0.2, -0.15) is 0 Å². The smallest absolute Gasteiger partial charge is 0.411 e. The average Bonchev–Trinajstić information content (AvgIpc) is 3.05. The van der Waals surface area contributed by atoms with Crippen molar-refractivity contribution in [2.75, 3.05) is 50.4 Å². The number of anilines is 2. The Labute approximate surface area is 279 Å². The number of hydrogen-bond donors (Lipinski definition) is 2. The molecule has 3 aromatic carbocycles. The van der Waals surface area contributed by atoms with Gasteiger partial charge in [0.05, 0.1) is 11.3 Å². The SMILES string of the molecule is CN(CCN1CCC(OC(=O)Nc2ccccc2-c2ccccc2)CC1)C(=O)CCCCCNc1cccc(C(=O)OC(C)(C)C)c1. The molecule has 0 saturated carbocycles. The molecule has 0 atom stereocenters. The Morgan fingerprint density at radius 1 is 0.894 bits per heavy atom. The van der Waals surface area contributed by atoms with Crippen molar-refractivity contribution in [2.24, 2.45) is 0 Å². The third-order valence-electron chi connectivity index (χ3n) is 8.13. The van der Waals surface area contributed by atoms with Gasteiger partial charge in [0.1, 0.15) is 11.7 Å². The van der Waals surface area contributed by atoms with E-state index in [9.17, 15) is 14.4 Å². The number of hydrogen-bond acceptors (Lipinski definition) is 7. The fourth-order valence-electron chi connectivity index (χ4n) is 5.51. The van der Waals surface area contributed by atoms with E-state index in [1.807, 2.05) is 106 Å². The van der Waals surface area contributed by atoms with Gasteiger partial charge < -0.3 is 24.6 Å².